The van der Waals surface area contributed by atoms with Gasteiger partial charge < -0.3 is 0 Å². The number of anilines is 1. The van der Waals surface area contributed by atoms with Gasteiger partial charge in [-0.1, -0.05) is 0 Å². The van der Waals surface area contributed by atoms with Crippen LogP contribution in [0, 0.1) is 0 Å². The van der Waals surface area contributed by atoms with Gasteiger partial charge in [0.05, 0.1) is 0 Å². The van der Waals surface area contributed by atoms with Crippen LogP contribution >= 0.6 is 19.6 Å². The zero-order valence-corrected chi connectivity index (χ0v) is 18.9. The van der Waals surface area contributed by atoms with Crippen molar-refractivity contribution in [3.8, 4) is 0 Å². The van der Waals surface area contributed by atoms with Gasteiger partial charge in [0.15, 0.2) is 0 Å². The van der Waals surface area contributed by atoms with Crippen LogP contribution in [0.25, 0.3) is 11.2 Å². The van der Waals surface area contributed by atoms with Crippen LogP contribution in [0.4, 0.5) is 5.82 Å². The summed E-state index contributed by atoms with van der Waals surface area (Å²) < 4.78 is 25.3. The van der Waals surface area contributed by atoms with Gasteiger partial charge in [-0.3, -0.25) is 0 Å². The fraction of sp³-hybridized carbons (Fsp3) is 0.389. The summed E-state index contributed by atoms with van der Waals surface area (Å²) in [7, 11) is -0.0368. The number of nitrogen functional groups attached to an aromatic ring is 1. The van der Waals surface area contributed by atoms with E-state index in [-0.39, 0.29) is 12.7 Å². The summed E-state index contributed by atoms with van der Waals surface area (Å²) in [5.41, 5.74) is 8.30. The molecule has 0 amide bonds. The fourth-order valence-corrected chi connectivity index (χ4v) is 6.23. The van der Waals surface area contributed by atoms with E-state index < -0.39 is 26.3 Å². The molecule has 164 valence electrons. The summed E-state index contributed by atoms with van der Waals surface area (Å²) in [6.07, 6.45) is -0.510. The molecule has 4 heterocycles. The minimum absolute atomic E-state index is 0.233. The molecule has 1 unspecified atom stereocenters. The van der Waals surface area contributed by atoms with E-state index >= 15 is 0 Å². The van der Waals surface area contributed by atoms with E-state index in [4.69, 9.17) is 29.2 Å². The average Bonchev–Trinajstić information content (AvgIpc) is 3.30. The predicted molar refractivity (Wildman–Crippen MR) is 120 cm³/mol. The summed E-state index contributed by atoms with van der Waals surface area (Å²) in [6.45, 7) is 0.233. The van der Waals surface area contributed by atoms with Crippen LogP contribution in [-0.4, -0.2) is 64.0 Å². The van der Waals surface area contributed by atoms with Crippen molar-refractivity contribution in [2.75, 3.05) is 19.5 Å². The molecular weight excluding hydrogens is 440 g/mol. The second kappa shape index (κ2) is 8.29. The third-order valence-corrected chi connectivity index (χ3v) is 7.80. The SMILES string of the molecule is B[PH]1(O)OC[C@H]2O[C@@H](n3c(SCc4ccccc4)nc4c(N)ncnc43)C(OC)[C@@H]2O1. The molecule has 2 aliphatic rings. The van der Waals surface area contributed by atoms with E-state index in [1.54, 1.807) is 26.4 Å². The summed E-state index contributed by atoms with van der Waals surface area (Å²) in [5, 5.41) is 0.682. The second-order valence-corrected chi connectivity index (χ2v) is 10.8. The molecule has 4 atom stereocenters. The van der Waals surface area contributed by atoms with Gasteiger partial charge in [-0.15, -0.1) is 0 Å². The number of nitrogens with two attached hydrogens (primary N) is 1. The fourth-order valence-electron chi connectivity index (χ4n) is 3.93. The van der Waals surface area contributed by atoms with E-state index in [1.165, 1.54) is 6.33 Å². The molecule has 0 saturated carbocycles. The Morgan fingerprint density at radius 1 is 1.35 bits per heavy atom. The molecule has 0 bridgehead atoms. The van der Waals surface area contributed by atoms with Gasteiger partial charge in [-0.2, -0.15) is 0 Å². The Morgan fingerprint density at radius 2 is 2.16 bits per heavy atom. The topological polar surface area (TPSA) is 127 Å². The molecule has 13 heteroatoms. The number of ether oxygens (including phenoxy) is 2. The first-order valence-corrected chi connectivity index (χ1v) is 13.1. The zero-order chi connectivity index (χ0) is 21.6. The Hall–Kier alpha value is -1.79. The van der Waals surface area contributed by atoms with Gasteiger partial charge in [-0.25, -0.2) is 0 Å². The quantitative estimate of drug-likeness (QED) is 0.322. The van der Waals surface area contributed by atoms with E-state index in [0.29, 0.717) is 27.9 Å². The number of rotatable bonds is 5. The van der Waals surface area contributed by atoms with E-state index in [1.807, 2.05) is 22.8 Å². The molecular formula is C18H23BN5O5PS. The Labute approximate surface area is 184 Å². The first kappa shape index (κ1) is 21.1. The van der Waals surface area contributed by atoms with Gasteiger partial charge >= 0.3 is 184 Å². The molecule has 1 aromatic carbocycles. The number of imidazole rings is 1. The monoisotopic (exact) mass is 463 g/mol. The second-order valence-electron chi connectivity index (χ2n) is 7.53. The van der Waals surface area contributed by atoms with E-state index in [2.05, 4.69) is 22.1 Å². The predicted octanol–water partition coefficient (Wildman–Crippen LogP) is 1.06. The number of aromatic nitrogens is 4. The zero-order valence-electron chi connectivity index (χ0n) is 17.0. The molecule has 3 aromatic rings. The third kappa shape index (κ3) is 3.93. The molecule has 0 radical (unpaired) electrons. The number of nitrogens with zero attached hydrogens (tertiary/aromatic N) is 4. The molecule has 2 aromatic heterocycles. The van der Waals surface area contributed by atoms with Crippen LogP contribution in [0.5, 0.6) is 0 Å². The maximum absolute atomic E-state index is 10.3. The average molecular weight is 463 g/mol. The van der Waals surface area contributed by atoms with Crippen molar-refractivity contribution in [3.63, 3.8) is 0 Å². The van der Waals surface area contributed by atoms with Crippen LogP contribution in [0.15, 0.2) is 41.8 Å². The van der Waals surface area contributed by atoms with Gasteiger partial charge in [-0.05, 0) is 0 Å². The van der Waals surface area contributed by atoms with Crippen molar-refractivity contribution in [2.24, 2.45) is 0 Å². The number of hydrogen-bond acceptors (Lipinski definition) is 10. The molecule has 31 heavy (non-hydrogen) atoms. The van der Waals surface area contributed by atoms with Gasteiger partial charge in [0.1, 0.15) is 0 Å². The Morgan fingerprint density at radius 3 is 2.94 bits per heavy atom. The Kier molecular flexibility index (Phi) is 5.64. The van der Waals surface area contributed by atoms with Gasteiger partial charge in [0, 0.05) is 0 Å². The van der Waals surface area contributed by atoms with Crippen molar-refractivity contribution in [1.29, 1.82) is 0 Å². The Balaban J connectivity index is 1.54. The number of fused-ring (bicyclic) bond motifs is 2. The summed E-state index contributed by atoms with van der Waals surface area (Å²) >= 11 is 1.55. The first-order chi connectivity index (χ1) is 15.0. The molecule has 5 rings (SSSR count). The molecule has 3 N–H and O–H groups in total. The van der Waals surface area contributed by atoms with Crippen LogP contribution in [0.3, 0.4) is 0 Å². The van der Waals surface area contributed by atoms with Crippen LogP contribution in [-0.2, 0) is 24.3 Å². The van der Waals surface area contributed by atoms with Crippen LogP contribution in [0.1, 0.15) is 11.8 Å². The minimum atomic E-state index is -3.22. The molecule has 2 fully saturated rings. The van der Waals surface area contributed by atoms with Crippen LogP contribution in [0.2, 0.25) is 0 Å². The molecule has 10 nitrogen and oxygen atoms in total. The van der Waals surface area contributed by atoms with Gasteiger partial charge in [0.25, 0.3) is 0 Å². The van der Waals surface area contributed by atoms with Gasteiger partial charge in [0.2, 0.25) is 0 Å². The summed E-state index contributed by atoms with van der Waals surface area (Å²) in [5.74, 6) is 1.00. The summed E-state index contributed by atoms with van der Waals surface area (Å²) in [6, 6.07) is 10.1. The molecule has 2 aliphatic heterocycles. The van der Waals surface area contributed by atoms with Crippen molar-refractivity contribution < 1.29 is 23.4 Å². The number of hydrogen-bond donors (Lipinski definition) is 2. The normalized spacial score (nSPS) is 28.5. The van der Waals surface area contributed by atoms with Crippen molar-refractivity contribution in [2.45, 2.75) is 35.4 Å². The van der Waals surface area contributed by atoms with Crippen molar-refractivity contribution >= 4 is 44.1 Å². The maximum atomic E-state index is 10.3. The molecule has 0 spiro atoms. The van der Waals surface area contributed by atoms with Crippen molar-refractivity contribution in [1.82, 2.24) is 19.5 Å². The molecule has 0 aliphatic carbocycles. The van der Waals surface area contributed by atoms with Crippen LogP contribution < -0.4 is 5.73 Å². The van der Waals surface area contributed by atoms with Crippen molar-refractivity contribution in [3.05, 3.63) is 42.2 Å². The third-order valence-electron chi connectivity index (χ3n) is 5.37. The number of methoxy groups -OCH3 is 1. The standard InChI is InChI=1S/C18H23BN5O5PS/c1-26-14-13-11(7-27-30(19,25)29-13)28-17(14)24-16-12(15(20)21-9-22-16)23-18(24)31-8-10-5-3-2-4-6-10/h2-6,9,11,13-14,17,25,30H,7-8,19H2,1H3,(H2,20,21,22)/t11-,13-,14?,17-/m1/s1. The summed E-state index contributed by atoms with van der Waals surface area (Å²) in [4.78, 5) is 23.6. The van der Waals surface area contributed by atoms with E-state index in [9.17, 15) is 4.89 Å². The number of benzene rings is 1. The Bertz CT molecular complexity index is 1090. The number of thioether (sulfide) groups is 1. The first-order valence-electron chi connectivity index (χ1n) is 9.84. The molecule has 2 saturated heterocycles. The van der Waals surface area contributed by atoms with E-state index in [0.717, 1.165) is 5.56 Å².